The first kappa shape index (κ1) is 25.3. The number of aromatic nitrogens is 2. The third-order valence-corrected chi connectivity index (χ3v) is 6.49. The Morgan fingerprint density at radius 1 is 0.944 bits per heavy atom. The van der Waals surface area contributed by atoms with Crippen LogP contribution < -0.4 is 14.8 Å². The van der Waals surface area contributed by atoms with Crippen LogP contribution in [0.5, 0.6) is 11.5 Å². The molecule has 0 saturated heterocycles. The highest BCUT2D eigenvalue weighted by molar-refractivity contribution is 5.79. The second kappa shape index (κ2) is 11.3. The minimum Gasteiger partial charge on any atom is -0.493 e. The van der Waals surface area contributed by atoms with Crippen LogP contribution >= 0.6 is 0 Å². The lowest BCUT2D eigenvalue weighted by Crippen LogP contribution is -2.32. The van der Waals surface area contributed by atoms with E-state index in [4.69, 9.17) is 14.5 Å². The van der Waals surface area contributed by atoms with Crippen molar-refractivity contribution in [1.29, 1.82) is 0 Å². The minimum absolute atomic E-state index is 0.0431. The third kappa shape index (κ3) is 5.88. The van der Waals surface area contributed by atoms with Crippen LogP contribution in [0.25, 0.3) is 11.0 Å². The normalized spacial score (nSPS) is 11.9. The predicted molar refractivity (Wildman–Crippen MR) is 144 cm³/mol. The van der Waals surface area contributed by atoms with Crippen LogP contribution in [0.3, 0.4) is 0 Å². The molecule has 0 spiro atoms. The fourth-order valence-electron chi connectivity index (χ4n) is 4.30. The Kier molecular flexibility index (Phi) is 7.93. The van der Waals surface area contributed by atoms with Gasteiger partial charge >= 0.3 is 0 Å². The molecule has 0 aliphatic heterocycles. The van der Waals surface area contributed by atoms with E-state index in [0.717, 1.165) is 52.4 Å². The number of rotatable bonds is 10. The number of benzene rings is 3. The largest absolute Gasteiger partial charge is 0.493 e. The lowest BCUT2D eigenvalue weighted by Gasteiger charge is -2.17. The van der Waals surface area contributed by atoms with E-state index >= 15 is 0 Å². The number of nitrogens with zero attached hydrogens (tertiary/aromatic N) is 2. The SMILES string of the molecule is Cc1ccc(C)c(OCC(=O)NC(C)c2nc3ccccc3n2CCCOc2cccc(C)c2C)c1. The van der Waals surface area contributed by atoms with Crippen LogP contribution in [0.4, 0.5) is 0 Å². The van der Waals surface area contributed by atoms with Crippen molar-refractivity contribution >= 4 is 16.9 Å². The molecule has 1 aromatic heterocycles. The Bertz CT molecular complexity index is 1360. The summed E-state index contributed by atoms with van der Waals surface area (Å²) in [7, 11) is 0. The second-order valence-corrected chi connectivity index (χ2v) is 9.36. The second-order valence-electron chi connectivity index (χ2n) is 9.36. The van der Waals surface area contributed by atoms with Gasteiger partial charge in [0.2, 0.25) is 0 Å². The number of nitrogens with one attached hydrogen (secondary N) is 1. The van der Waals surface area contributed by atoms with Gasteiger partial charge in [0.05, 0.1) is 23.7 Å². The molecule has 4 aromatic rings. The van der Waals surface area contributed by atoms with Crippen molar-refractivity contribution in [3.05, 3.63) is 88.7 Å². The van der Waals surface area contributed by atoms with E-state index in [1.54, 1.807) is 0 Å². The lowest BCUT2D eigenvalue weighted by molar-refractivity contribution is -0.123. The van der Waals surface area contributed by atoms with Crippen molar-refractivity contribution in [1.82, 2.24) is 14.9 Å². The molecular formula is C30H35N3O3. The zero-order chi connectivity index (χ0) is 25.7. The van der Waals surface area contributed by atoms with Gasteiger partial charge in [-0.1, -0.05) is 36.4 Å². The molecule has 0 radical (unpaired) electrons. The lowest BCUT2D eigenvalue weighted by atomic mass is 10.1. The highest BCUT2D eigenvalue weighted by atomic mass is 16.5. The smallest absolute Gasteiger partial charge is 0.258 e. The number of fused-ring (bicyclic) bond motifs is 1. The van der Waals surface area contributed by atoms with Crippen LogP contribution in [0.15, 0.2) is 60.7 Å². The van der Waals surface area contributed by atoms with Gasteiger partial charge in [0.15, 0.2) is 6.61 Å². The Balaban J connectivity index is 1.41. The summed E-state index contributed by atoms with van der Waals surface area (Å²) >= 11 is 0. The van der Waals surface area contributed by atoms with Crippen molar-refractivity contribution in [2.24, 2.45) is 0 Å². The number of ether oxygens (including phenoxy) is 2. The van der Waals surface area contributed by atoms with Crippen LogP contribution in [0.1, 0.15) is 47.5 Å². The molecule has 0 aliphatic carbocycles. The minimum atomic E-state index is -0.271. The molecule has 1 heterocycles. The first-order valence-corrected chi connectivity index (χ1v) is 12.5. The fourth-order valence-corrected chi connectivity index (χ4v) is 4.30. The summed E-state index contributed by atoms with van der Waals surface area (Å²) < 4.78 is 14.0. The number of hydrogen-bond acceptors (Lipinski definition) is 4. The van der Waals surface area contributed by atoms with E-state index in [0.29, 0.717) is 6.61 Å². The summed E-state index contributed by atoms with van der Waals surface area (Å²) in [6.45, 7) is 11.4. The predicted octanol–water partition coefficient (Wildman–Crippen LogP) is 6.00. The summed E-state index contributed by atoms with van der Waals surface area (Å²) in [5.74, 6) is 2.30. The third-order valence-electron chi connectivity index (χ3n) is 6.49. The van der Waals surface area contributed by atoms with Crippen LogP contribution in [-0.2, 0) is 11.3 Å². The summed E-state index contributed by atoms with van der Waals surface area (Å²) in [6.07, 6.45) is 0.817. The first-order chi connectivity index (χ1) is 17.3. The van der Waals surface area contributed by atoms with E-state index in [-0.39, 0.29) is 18.6 Å². The average Bonchev–Trinajstić information content (AvgIpc) is 3.23. The van der Waals surface area contributed by atoms with Gasteiger partial charge in [-0.25, -0.2) is 4.98 Å². The standard InChI is InChI=1S/C30H35N3O3/c1-20-14-15-22(3)28(18-20)36-19-29(34)31-24(5)30-32-25-11-6-7-12-26(25)33(30)16-9-17-35-27-13-8-10-21(2)23(27)4/h6-8,10-15,18,24H,9,16-17,19H2,1-5H3,(H,31,34). The molecule has 1 N–H and O–H groups in total. The maximum absolute atomic E-state index is 12.7. The molecule has 1 amide bonds. The maximum Gasteiger partial charge on any atom is 0.258 e. The van der Waals surface area contributed by atoms with Gasteiger partial charge < -0.3 is 19.4 Å². The molecule has 0 aliphatic rings. The molecule has 6 nitrogen and oxygen atoms in total. The first-order valence-electron chi connectivity index (χ1n) is 12.5. The molecule has 188 valence electrons. The van der Waals surface area contributed by atoms with Gasteiger partial charge in [-0.2, -0.15) is 0 Å². The van der Waals surface area contributed by atoms with Crippen molar-refractivity contribution in [3.8, 4) is 11.5 Å². The van der Waals surface area contributed by atoms with Crippen LogP contribution in [0, 0.1) is 27.7 Å². The van der Waals surface area contributed by atoms with Gasteiger partial charge in [0.25, 0.3) is 5.91 Å². The van der Waals surface area contributed by atoms with Crippen LogP contribution in [-0.4, -0.2) is 28.7 Å². The number of carbonyl (C=O) groups is 1. The topological polar surface area (TPSA) is 65.4 Å². The van der Waals surface area contributed by atoms with E-state index in [2.05, 4.69) is 35.9 Å². The number of hydrogen-bond donors (Lipinski definition) is 1. The van der Waals surface area contributed by atoms with Gasteiger partial charge in [0.1, 0.15) is 17.3 Å². The molecule has 6 heteroatoms. The molecule has 0 bridgehead atoms. The van der Waals surface area contributed by atoms with E-state index in [1.165, 1.54) is 11.1 Å². The van der Waals surface area contributed by atoms with Crippen molar-refractivity contribution in [2.45, 2.75) is 53.6 Å². The summed E-state index contributed by atoms with van der Waals surface area (Å²) in [5, 5.41) is 3.05. The Morgan fingerprint density at radius 2 is 1.75 bits per heavy atom. The molecule has 3 aromatic carbocycles. The van der Waals surface area contributed by atoms with Gasteiger partial charge in [-0.05, 0) is 87.6 Å². The van der Waals surface area contributed by atoms with Crippen molar-refractivity contribution in [2.75, 3.05) is 13.2 Å². The van der Waals surface area contributed by atoms with Crippen molar-refractivity contribution < 1.29 is 14.3 Å². The van der Waals surface area contributed by atoms with E-state index in [1.807, 2.05) is 69.3 Å². The number of amides is 1. The molecule has 0 saturated carbocycles. The number of para-hydroxylation sites is 2. The maximum atomic E-state index is 12.7. The van der Waals surface area contributed by atoms with E-state index < -0.39 is 0 Å². The van der Waals surface area contributed by atoms with Gasteiger partial charge in [0, 0.05) is 6.54 Å². The number of aryl methyl sites for hydroxylation is 4. The zero-order valence-electron chi connectivity index (χ0n) is 21.8. The highest BCUT2D eigenvalue weighted by Crippen LogP contribution is 2.23. The Morgan fingerprint density at radius 3 is 2.58 bits per heavy atom. The highest BCUT2D eigenvalue weighted by Gasteiger charge is 2.19. The Labute approximate surface area is 213 Å². The van der Waals surface area contributed by atoms with Gasteiger partial charge in [-0.15, -0.1) is 0 Å². The molecule has 1 atom stereocenters. The molecule has 36 heavy (non-hydrogen) atoms. The van der Waals surface area contributed by atoms with Crippen LogP contribution in [0.2, 0.25) is 0 Å². The monoisotopic (exact) mass is 485 g/mol. The molecule has 0 fully saturated rings. The van der Waals surface area contributed by atoms with Crippen molar-refractivity contribution in [3.63, 3.8) is 0 Å². The Hall–Kier alpha value is -3.80. The number of imidazole rings is 1. The molecule has 1 unspecified atom stereocenters. The quantitative estimate of drug-likeness (QED) is 0.280. The summed E-state index contributed by atoms with van der Waals surface area (Å²) in [4.78, 5) is 17.5. The van der Waals surface area contributed by atoms with E-state index in [9.17, 15) is 4.79 Å². The zero-order valence-corrected chi connectivity index (χ0v) is 21.8. The molecular weight excluding hydrogens is 450 g/mol. The number of carbonyl (C=O) groups excluding carboxylic acids is 1. The van der Waals surface area contributed by atoms with Gasteiger partial charge in [-0.3, -0.25) is 4.79 Å². The summed E-state index contributed by atoms with van der Waals surface area (Å²) in [5.41, 5.74) is 6.46. The molecule has 4 rings (SSSR count). The summed E-state index contributed by atoms with van der Waals surface area (Å²) in [6, 6.07) is 19.9. The average molecular weight is 486 g/mol. The fraction of sp³-hybridized carbons (Fsp3) is 0.333.